The zero-order valence-electron chi connectivity index (χ0n) is 8.27. The second kappa shape index (κ2) is 5.39. The fourth-order valence-corrected chi connectivity index (χ4v) is 1.06. The van der Waals surface area contributed by atoms with Crippen molar-refractivity contribution in [1.29, 1.82) is 0 Å². The smallest absolute Gasteiger partial charge is 0.341 e. The van der Waals surface area contributed by atoms with Crippen molar-refractivity contribution in [3.8, 4) is 0 Å². The molecule has 5 heteroatoms. The number of aromatic nitrogens is 2. The van der Waals surface area contributed by atoms with Crippen molar-refractivity contribution in [2.75, 3.05) is 13.2 Å². The van der Waals surface area contributed by atoms with Crippen molar-refractivity contribution in [3.05, 3.63) is 18.0 Å². The molecule has 0 fully saturated rings. The van der Waals surface area contributed by atoms with Gasteiger partial charge in [-0.05, 0) is 19.9 Å². The molecule has 0 radical (unpaired) electrons. The monoisotopic (exact) mass is 197 g/mol. The maximum absolute atomic E-state index is 11.2. The lowest BCUT2D eigenvalue weighted by Gasteiger charge is -1.98. The molecule has 0 aromatic carbocycles. The number of nitrogens with two attached hydrogens (primary N) is 1. The Hall–Kier alpha value is -1.36. The summed E-state index contributed by atoms with van der Waals surface area (Å²) in [7, 11) is 0. The Bertz CT molecular complexity index is 296. The first kappa shape index (κ1) is 10.7. The summed E-state index contributed by atoms with van der Waals surface area (Å²) in [6.45, 7) is 3.51. The third-order valence-electron chi connectivity index (χ3n) is 1.74. The minimum atomic E-state index is -0.327. The van der Waals surface area contributed by atoms with Gasteiger partial charge in [0.25, 0.3) is 0 Å². The van der Waals surface area contributed by atoms with Gasteiger partial charge in [0.1, 0.15) is 0 Å². The first-order valence-electron chi connectivity index (χ1n) is 4.67. The fraction of sp³-hybridized carbons (Fsp3) is 0.556. The Labute approximate surface area is 82.8 Å². The molecule has 5 nitrogen and oxygen atoms in total. The van der Waals surface area contributed by atoms with Crippen LogP contribution in [0.15, 0.2) is 12.4 Å². The summed E-state index contributed by atoms with van der Waals surface area (Å²) in [4.78, 5) is 11.2. The highest BCUT2D eigenvalue weighted by molar-refractivity contribution is 5.88. The molecule has 0 aliphatic carbocycles. The molecule has 1 rings (SSSR count). The highest BCUT2D eigenvalue weighted by atomic mass is 16.5. The van der Waals surface area contributed by atoms with Gasteiger partial charge in [-0.25, -0.2) is 4.79 Å². The molecule has 0 unspecified atom stereocenters. The third kappa shape index (κ3) is 2.85. The van der Waals surface area contributed by atoms with Crippen LogP contribution in [0.25, 0.3) is 0 Å². The predicted octanol–water partition coefficient (Wildman–Crippen LogP) is 0.409. The molecule has 0 bridgehead atoms. The first-order valence-corrected chi connectivity index (χ1v) is 4.67. The fourth-order valence-electron chi connectivity index (χ4n) is 1.06. The van der Waals surface area contributed by atoms with Gasteiger partial charge >= 0.3 is 5.97 Å². The molecule has 0 amide bonds. The summed E-state index contributed by atoms with van der Waals surface area (Å²) in [6, 6.07) is 0. The quantitative estimate of drug-likeness (QED) is 0.694. The average molecular weight is 197 g/mol. The Morgan fingerprint density at radius 3 is 3.14 bits per heavy atom. The maximum atomic E-state index is 11.2. The zero-order valence-corrected chi connectivity index (χ0v) is 8.27. The number of esters is 1. The van der Waals surface area contributed by atoms with Gasteiger partial charge in [-0.1, -0.05) is 0 Å². The van der Waals surface area contributed by atoms with Crippen LogP contribution in [0.3, 0.4) is 0 Å². The minimum Gasteiger partial charge on any atom is -0.462 e. The van der Waals surface area contributed by atoms with E-state index in [-0.39, 0.29) is 5.97 Å². The summed E-state index contributed by atoms with van der Waals surface area (Å²) >= 11 is 0. The van der Waals surface area contributed by atoms with E-state index in [0.717, 1.165) is 13.0 Å². The van der Waals surface area contributed by atoms with E-state index in [1.807, 2.05) is 0 Å². The molecule has 0 spiro atoms. The summed E-state index contributed by atoms with van der Waals surface area (Å²) in [5, 5.41) is 4.02. The van der Waals surface area contributed by atoms with Gasteiger partial charge in [0.2, 0.25) is 0 Å². The Balaban J connectivity index is 2.54. The molecule has 0 saturated heterocycles. The SMILES string of the molecule is CCOC(=O)c1cnn(CCCN)c1. The number of carbonyl (C=O) groups is 1. The lowest BCUT2D eigenvalue weighted by Crippen LogP contribution is -2.06. The summed E-state index contributed by atoms with van der Waals surface area (Å²) in [6.07, 6.45) is 4.03. The normalized spacial score (nSPS) is 10.1. The minimum absolute atomic E-state index is 0.327. The van der Waals surface area contributed by atoms with Gasteiger partial charge in [-0.2, -0.15) is 5.10 Å². The number of carbonyl (C=O) groups excluding carboxylic acids is 1. The molecule has 1 heterocycles. The summed E-state index contributed by atoms with van der Waals surface area (Å²) < 4.78 is 6.52. The highest BCUT2D eigenvalue weighted by Gasteiger charge is 2.08. The van der Waals surface area contributed by atoms with Crippen molar-refractivity contribution in [3.63, 3.8) is 0 Å². The van der Waals surface area contributed by atoms with Gasteiger partial charge in [-0.15, -0.1) is 0 Å². The molecule has 2 N–H and O–H groups in total. The van der Waals surface area contributed by atoms with Crippen LogP contribution in [-0.4, -0.2) is 28.9 Å². The lowest BCUT2D eigenvalue weighted by molar-refractivity contribution is 0.0526. The second-order valence-corrected chi connectivity index (χ2v) is 2.85. The number of aryl methyl sites for hydroxylation is 1. The molecule has 1 aromatic heterocycles. The van der Waals surface area contributed by atoms with Crippen molar-refractivity contribution in [1.82, 2.24) is 9.78 Å². The van der Waals surface area contributed by atoms with Crippen LogP contribution in [-0.2, 0) is 11.3 Å². The van der Waals surface area contributed by atoms with E-state index < -0.39 is 0 Å². The molecule has 0 saturated carbocycles. The molecular weight excluding hydrogens is 182 g/mol. The van der Waals surface area contributed by atoms with Crippen molar-refractivity contribution in [2.24, 2.45) is 5.73 Å². The van der Waals surface area contributed by atoms with Gasteiger partial charge in [0.15, 0.2) is 0 Å². The topological polar surface area (TPSA) is 70.1 Å². The van der Waals surface area contributed by atoms with Crippen LogP contribution >= 0.6 is 0 Å². The molecule has 0 aliphatic heterocycles. The second-order valence-electron chi connectivity index (χ2n) is 2.85. The zero-order chi connectivity index (χ0) is 10.4. The van der Waals surface area contributed by atoms with Gasteiger partial charge < -0.3 is 10.5 Å². The van der Waals surface area contributed by atoms with Crippen molar-refractivity contribution >= 4 is 5.97 Å². The largest absolute Gasteiger partial charge is 0.462 e. The molecule has 0 aliphatic rings. The van der Waals surface area contributed by atoms with E-state index in [4.69, 9.17) is 10.5 Å². The van der Waals surface area contributed by atoms with E-state index in [1.54, 1.807) is 17.8 Å². The van der Waals surface area contributed by atoms with E-state index >= 15 is 0 Å². The number of nitrogens with zero attached hydrogens (tertiary/aromatic N) is 2. The molecule has 1 aromatic rings. The first-order chi connectivity index (χ1) is 6.77. The van der Waals surface area contributed by atoms with E-state index in [2.05, 4.69) is 5.10 Å². The molecule has 0 atom stereocenters. The summed E-state index contributed by atoms with van der Waals surface area (Å²) in [5.41, 5.74) is 5.85. The maximum Gasteiger partial charge on any atom is 0.341 e. The predicted molar refractivity (Wildman–Crippen MR) is 51.9 cm³/mol. The van der Waals surface area contributed by atoms with Crippen molar-refractivity contribution < 1.29 is 9.53 Å². The van der Waals surface area contributed by atoms with Crippen LogP contribution in [0.4, 0.5) is 0 Å². The third-order valence-corrected chi connectivity index (χ3v) is 1.74. The highest BCUT2D eigenvalue weighted by Crippen LogP contribution is 2.00. The van der Waals surface area contributed by atoms with Crippen LogP contribution in [0.5, 0.6) is 0 Å². The van der Waals surface area contributed by atoms with Gasteiger partial charge in [-0.3, -0.25) is 4.68 Å². The van der Waals surface area contributed by atoms with Crippen LogP contribution < -0.4 is 5.73 Å². The van der Waals surface area contributed by atoms with E-state index in [1.165, 1.54) is 6.20 Å². The number of hydrogen-bond acceptors (Lipinski definition) is 4. The summed E-state index contributed by atoms with van der Waals surface area (Å²) in [5.74, 6) is -0.327. The molecule has 78 valence electrons. The van der Waals surface area contributed by atoms with Crippen LogP contribution in [0.2, 0.25) is 0 Å². The number of rotatable bonds is 5. The van der Waals surface area contributed by atoms with E-state index in [9.17, 15) is 4.79 Å². The van der Waals surface area contributed by atoms with Crippen molar-refractivity contribution in [2.45, 2.75) is 19.9 Å². The number of hydrogen-bond donors (Lipinski definition) is 1. The van der Waals surface area contributed by atoms with Gasteiger partial charge in [0.05, 0.1) is 18.4 Å². The lowest BCUT2D eigenvalue weighted by atomic mass is 10.4. The average Bonchev–Trinajstić information content (AvgIpc) is 2.63. The molecule has 14 heavy (non-hydrogen) atoms. The Morgan fingerprint density at radius 2 is 2.50 bits per heavy atom. The molecular formula is C9H15N3O2. The van der Waals surface area contributed by atoms with Crippen LogP contribution in [0, 0.1) is 0 Å². The Morgan fingerprint density at radius 1 is 1.71 bits per heavy atom. The van der Waals surface area contributed by atoms with Crippen LogP contribution in [0.1, 0.15) is 23.7 Å². The van der Waals surface area contributed by atoms with E-state index in [0.29, 0.717) is 18.7 Å². The standard InChI is InChI=1S/C9H15N3O2/c1-2-14-9(13)8-6-11-12(7-8)5-3-4-10/h6-7H,2-5,10H2,1H3. The Kier molecular flexibility index (Phi) is 4.12. The van der Waals surface area contributed by atoms with Gasteiger partial charge in [0, 0.05) is 12.7 Å². The number of ether oxygens (including phenoxy) is 1.